The van der Waals surface area contributed by atoms with E-state index in [4.69, 9.17) is 20.5 Å². The summed E-state index contributed by atoms with van der Waals surface area (Å²) in [6.07, 6.45) is 23.6. The van der Waals surface area contributed by atoms with Crippen molar-refractivity contribution in [2.24, 2.45) is 5.73 Å². The molecule has 9 heteroatoms. The number of aliphatic hydroxyl groups excluding tert-OH is 2. The monoisotopic (exact) mass is 501 g/mol. The summed E-state index contributed by atoms with van der Waals surface area (Å²) in [5, 5.41) is 17.9. The van der Waals surface area contributed by atoms with Crippen molar-refractivity contribution in [2.45, 2.75) is 83.3 Å². The molecule has 0 saturated heterocycles. The number of unbranched alkanes of at least 4 members (excludes halogenated alkanes) is 4. The molecule has 0 aromatic rings. The molecule has 0 aliphatic heterocycles. The van der Waals surface area contributed by atoms with Gasteiger partial charge in [-0.2, -0.15) is 0 Å². The number of allylic oxidation sites excluding steroid dienone is 8. The Bertz CT molecular complexity index is 676. The maximum Gasteiger partial charge on any atom is 0.473 e. The fraction of sp³-hybridized carbons (Fsp3) is 0.640. The lowest BCUT2D eigenvalue weighted by Gasteiger charge is -2.19. The molecule has 0 saturated carbocycles. The Labute approximate surface area is 204 Å². The number of carbonyl (C=O) groups excluding carboxylic acids is 1. The summed E-state index contributed by atoms with van der Waals surface area (Å²) in [5.41, 5.74) is 5.48. The second-order valence-electron chi connectivity index (χ2n) is 7.88. The summed E-state index contributed by atoms with van der Waals surface area (Å²) >= 11 is 0. The fourth-order valence-electron chi connectivity index (χ4n) is 2.77. The number of carbonyl (C=O) groups is 1. The number of aliphatic hydroxyl groups is 2. The van der Waals surface area contributed by atoms with Gasteiger partial charge in [0.1, 0.15) is 12.2 Å². The van der Waals surface area contributed by atoms with E-state index in [1.165, 1.54) is 25.7 Å². The second kappa shape index (κ2) is 22.1. The summed E-state index contributed by atoms with van der Waals surface area (Å²) in [5.74, 6) is -0.390. The van der Waals surface area contributed by atoms with Gasteiger partial charge in [-0.25, -0.2) is 4.57 Å². The van der Waals surface area contributed by atoms with Crippen LogP contribution in [0.25, 0.3) is 0 Å². The maximum absolute atomic E-state index is 12.2. The Balaban J connectivity index is 3.96. The normalized spacial score (nSPS) is 16.1. The van der Waals surface area contributed by atoms with Crippen LogP contribution in [0.2, 0.25) is 0 Å². The predicted octanol–water partition coefficient (Wildman–Crippen LogP) is 4.52. The lowest BCUT2D eigenvalue weighted by Crippen LogP contribution is -2.32. The molecule has 0 heterocycles. The van der Waals surface area contributed by atoms with Crippen LogP contribution in [0.15, 0.2) is 48.6 Å². The molecule has 34 heavy (non-hydrogen) atoms. The van der Waals surface area contributed by atoms with Crippen LogP contribution in [0.5, 0.6) is 0 Å². The third-order valence-corrected chi connectivity index (χ3v) is 5.72. The van der Waals surface area contributed by atoms with Gasteiger partial charge in [0, 0.05) is 13.0 Å². The second-order valence-corrected chi connectivity index (χ2v) is 9.28. The molecule has 5 N–H and O–H groups in total. The van der Waals surface area contributed by atoms with Gasteiger partial charge in [0.15, 0.2) is 5.78 Å². The van der Waals surface area contributed by atoms with Gasteiger partial charge in [0.25, 0.3) is 0 Å². The van der Waals surface area contributed by atoms with E-state index in [2.05, 4.69) is 47.9 Å². The van der Waals surface area contributed by atoms with Crippen LogP contribution in [0, 0.1) is 0 Å². The third kappa shape index (κ3) is 20.0. The summed E-state index contributed by atoms with van der Waals surface area (Å²) < 4.78 is 21.2. The third-order valence-electron chi connectivity index (χ3n) is 4.73. The van der Waals surface area contributed by atoms with Crippen molar-refractivity contribution >= 4 is 13.6 Å². The minimum absolute atomic E-state index is 0.152. The molecule has 0 aliphatic carbocycles. The van der Waals surface area contributed by atoms with Gasteiger partial charge in [-0.15, -0.1) is 0 Å². The van der Waals surface area contributed by atoms with Crippen molar-refractivity contribution in [2.75, 3.05) is 19.8 Å². The SMILES string of the molecule is CCCCC/C=C\C/C=C\C/C=C\C/C=C\CCCC(=O)C(CN)OP(=O)(O)OC[C@H](O)CO. The van der Waals surface area contributed by atoms with E-state index in [9.17, 15) is 14.3 Å². The fourth-order valence-corrected chi connectivity index (χ4v) is 3.72. The number of hydrogen-bond acceptors (Lipinski definition) is 7. The van der Waals surface area contributed by atoms with Crippen molar-refractivity contribution < 1.29 is 33.5 Å². The smallest absolute Gasteiger partial charge is 0.394 e. The first-order valence-corrected chi connectivity index (χ1v) is 13.6. The largest absolute Gasteiger partial charge is 0.473 e. The first-order chi connectivity index (χ1) is 16.4. The Morgan fingerprint density at radius 1 is 0.941 bits per heavy atom. The Kier molecular flexibility index (Phi) is 21.2. The minimum Gasteiger partial charge on any atom is -0.394 e. The summed E-state index contributed by atoms with van der Waals surface area (Å²) in [4.78, 5) is 21.8. The highest BCUT2D eigenvalue weighted by Crippen LogP contribution is 2.44. The molecule has 0 amide bonds. The average Bonchev–Trinajstić information content (AvgIpc) is 2.82. The standard InChI is InChI=1S/C25H44NO7P/c1-2-3-4-5-6-7-8-9-10-11-12-13-14-15-16-17-18-19-24(29)25(20-26)33-34(30,31)32-22-23(28)21-27/h6-7,9-10,12-13,15-16,23,25,27-28H,2-5,8,11,14,17-22,26H2,1H3,(H,30,31)/b7-6-,10-9-,13-12-,16-15-/t23-,25?/m1/s1. The van der Waals surface area contributed by atoms with Gasteiger partial charge in [-0.3, -0.25) is 13.8 Å². The van der Waals surface area contributed by atoms with E-state index in [0.29, 0.717) is 12.8 Å². The zero-order valence-corrected chi connectivity index (χ0v) is 21.4. The van der Waals surface area contributed by atoms with Crippen LogP contribution in [0.3, 0.4) is 0 Å². The molecule has 0 bridgehead atoms. The van der Waals surface area contributed by atoms with Crippen molar-refractivity contribution in [1.29, 1.82) is 0 Å². The molecule has 2 unspecified atom stereocenters. The zero-order chi connectivity index (χ0) is 25.5. The predicted molar refractivity (Wildman–Crippen MR) is 136 cm³/mol. The molecule has 8 nitrogen and oxygen atoms in total. The minimum atomic E-state index is -4.57. The van der Waals surface area contributed by atoms with Crippen LogP contribution in [-0.2, 0) is 18.4 Å². The quantitative estimate of drug-likeness (QED) is 0.0965. The average molecular weight is 502 g/mol. The number of phosphoric ester groups is 1. The maximum atomic E-state index is 12.2. The molecule has 0 fully saturated rings. The highest BCUT2D eigenvalue weighted by molar-refractivity contribution is 7.47. The topological polar surface area (TPSA) is 139 Å². The molecule has 196 valence electrons. The molecule has 0 radical (unpaired) electrons. The summed E-state index contributed by atoms with van der Waals surface area (Å²) in [7, 11) is -4.57. The molecule has 3 atom stereocenters. The van der Waals surface area contributed by atoms with Crippen LogP contribution >= 0.6 is 7.82 Å². The molecule has 0 spiro atoms. The first kappa shape index (κ1) is 32.6. The highest BCUT2D eigenvalue weighted by Gasteiger charge is 2.30. The Morgan fingerprint density at radius 2 is 1.47 bits per heavy atom. The zero-order valence-electron chi connectivity index (χ0n) is 20.5. The lowest BCUT2D eigenvalue weighted by atomic mass is 10.1. The number of ketones is 1. The lowest BCUT2D eigenvalue weighted by molar-refractivity contribution is -0.126. The molecular formula is C25H44NO7P. The van der Waals surface area contributed by atoms with Gasteiger partial charge >= 0.3 is 7.82 Å². The molecule has 0 aromatic heterocycles. The van der Waals surface area contributed by atoms with Gasteiger partial charge < -0.3 is 20.8 Å². The Morgan fingerprint density at radius 3 is 1.97 bits per heavy atom. The number of nitrogens with two attached hydrogens (primary N) is 1. The Hall–Kier alpha value is -1.38. The number of rotatable bonds is 22. The molecule has 0 aromatic carbocycles. The van der Waals surface area contributed by atoms with Crippen molar-refractivity contribution in [3.8, 4) is 0 Å². The number of Topliss-reactive ketones (excluding diaryl/α,β-unsaturated/α-hetero) is 1. The van der Waals surface area contributed by atoms with Crippen molar-refractivity contribution in [3.63, 3.8) is 0 Å². The number of phosphoric acid groups is 1. The highest BCUT2D eigenvalue weighted by atomic mass is 31.2. The van der Waals surface area contributed by atoms with Gasteiger partial charge in [-0.05, 0) is 44.9 Å². The van der Waals surface area contributed by atoms with Gasteiger partial charge in [0.2, 0.25) is 0 Å². The van der Waals surface area contributed by atoms with Crippen LogP contribution in [0.1, 0.15) is 71.1 Å². The van der Waals surface area contributed by atoms with Crippen LogP contribution < -0.4 is 5.73 Å². The van der Waals surface area contributed by atoms with Gasteiger partial charge in [-0.1, -0.05) is 68.4 Å². The molecule has 0 rings (SSSR count). The van der Waals surface area contributed by atoms with E-state index in [1.807, 2.05) is 12.2 Å². The number of hydrogen-bond donors (Lipinski definition) is 4. The summed E-state index contributed by atoms with van der Waals surface area (Å²) in [6, 6.07) is 0. The van der Waals surface area contributed by atoms with Gasteiger partial charge in [0.05, 0.1) is 13.2 Å². The summed E-state index contributed by atoms with van der Waals surface area (Å²) in [6.45, 7) is 0.724. The first-order valence-electron chi connectivity index (χ1n) is 12.1. The van der Waals surface area contributed by atoms with E-state index < -0.39 is 33.2 Å². The van der Waals surface area contributed by atoms with E-state index >= 15 is 0 Å². The van der Waals surface area contributed by atoms with Crippen molar-refractivity contribution in [1.82, 2.24) is 0 Å². The van der Waals surface area contributed by atoms with Crippen LogP contribution in [-0.4, -0.2) is 52.9 Å². The van der Waals surface area contributed by atoms with Crippen molar-refractivity contribution in [3.05, 3.63) is 48.6 Å². The van der Waals surface area contributed by atoms with E-state index in [1.54, 1.807) is 0 Å². The van der Waals surface area contributed by atoms with Crippen LogP contribution in [0.4, 0.5) is 0 Å². The van der Waals surface area contributed by atoms with E-state index in [0.717, 1.165) is 19.3 Å². The van der Waals surface area contributed by atoms with E-state index in [-0.39, 0.29) is 18.7 Å². The molecular weight excluding hydrogens is 457 g/mol. The molecule has 0 aliphatic rings.